The van der Waals surface area contributed by atoms with E-state index in [0.29, 0.717) is 34.8 Å². The molecule has 1 aromatic carbocycles. The first-order valence-electron chi connectivity index (χ1n) is 11.0. The van der Waals surface area contributed by atoms with Crippen molar-refractivity contribution in [1.29, 1.82) is 0 Å². The van der Waals surface area contributed by atoms with Crippen molar-refractivity contribution in [3.63, 3.8) is 0 Å². The second kappa shape index (κ2) is 11.0. The zero-order valence-electron chi connectivity index (χ0n) is 19.2. The van der Waals surface area contributed by atoms with E-state index < -0.39 is 11.2 Å². The quantitative estimate of drug-likeness (QED) is 0.368. The molecule has 1 amide bonds. The third-order valence-corrected chi connectivity index (χ3v) is 7.48. The van der Waals surface area contributed by atoms with Crippen LogP contribution in [0, 0.1) is 0 Å². The molecule has 0 bridgehead atoms. The Morgan fingerprint density at radius 1 is 1.24 bits per heavy atom. The molecule has 3 heterocycles. The zero-order valence-corrected chi connectivity index (χ0v) is 21.6. The van der Waals surface area contributed by atoms with Gasteiger partial charge in [-0.1, -0.05) is 11.6 Å². The Hall–Kier alpha value is -2.20. The molecule has 4 rings (SSSR count). The minimum Gasteiger partial charge on any atom is -0.612 e. The molecule has 34 heavy (non-hydrogen) atoms. The summed E-state index contributed by atoms with van der Waals surface area (Å²) in [5.74, 6) is 0.739. The summed E-state index contributed by atoms with van der Waals surface area (Å²) in [6.45, 7) is 4.87. The molecule has 3 aromatic rings. The van der Waals surface area contributed by atoms with Crippen molar-refractivity contribution in [2.24, 2.45) is 0 Å². The first-order chi connectivity index (χ1) is 16.3. The van der Waals surface area contributed by atoms with E-state index in [9.17, 15) is 9.35 Å². The molecule has 180 valence electrons. The lowest BCUT2D eigenvalue weighted by atomic mass is 9.97. The normalized spacial score (nSPS) is 15.5. The largest absolute Gasteiger partial charge is 0.612 e. The second-order valence-electron chi connectivity index (χ2n) is 8.28. The van der Waals surface area contributed by atoms with E-state index in [1.165, 1.54) is 11.8 Å². The number of halogens is 1. The van der Waals surface area contributed by atoms with Crippen LogP contribution in [0.5, 0.6) is 0 Å². The van der Waals surface area contributed by atoms with Crippen molar-refractivity contribution in [2.75, 3.05) is 19.3 Å². The summed E-state index contributed by atoms with van der Waals surface area (Å²) >= 11 is 6.31. The highest BCUT2D eigenvalue weighted by molar-refractivity contribution is 7.99. The van der Waals surface area contributed by atoms with Gasteiger partial charge in [-0.25, -0.2) is 14.8 Å². The van der Waals surface area contributed by atoms with Crippen LogP contribution in [-0.4, -0.2) is 51.0 Å². The molecule has 1 saturated heterocycles. The molecule has 0 N–H and O–H groups in total. The number of rotatable bonds is 6. The van der Waals surface area contributed by atoms with Gasteiger partial charge in [-0.3, -0.25) is 0 Å². The maximum Gasteiger partial charge on any atom is 0.410 e. The van der Waals surface area contributed by atoms with Gasteiger partial charge >= 0.3 is 6.09 Å². The highest BCUT2D eigenvalue weighted by atomic mass is 35.5. The van der Waals surface area contributed by atoms with E-state index >= 15 is 0 Å². The number of nitrogens with zero attached hydrogens (tertiary/aromatic N) is 3. The maximum atomic E-state index is 12.2. The lowest BCUT2D eigenvalue weighted by molar-refractivity contribution is 0.0679. The molecule has 1 unspecified atom stereocenters. The van der Waals surface area contributed by atoms with Gasteiger partial charge < -0.3 is 18.6 Å². The van der Waals surface area contributed by atoms with Crippen molar-refractivity contribution >= 4 is 40.6 Å². The van der Waals surface area contributed by atoms with Crippen LogP contribution in [0.3, 0.4) is 0 Å². The van der Waals surface area contributed by atoms with Crippen molar-refractivity contribution in [1.82, 2.24) is 14.9 Å². The van der Waals surface area contributed by atoms with Crippen LogP contribution >= 0.6 is 23.4 Å². The summed E-state index contributed by atoms with van der Waals surface area (Å²) in [5, 5.41) is 1.94. The van der Waals surface area contributed by atoms with Crippen molar-refractivity contribution in [3.05, 3.63) is 53.5 Å². The Labute approximate surface area is 211 Å². The van der Waals surface area contributed by atoms with E-state index in [1.807, 2.05) is 44.2 Å². The van der Waals surface area contributed by atoms with Crippen molar-refractivity contribution in [3.8, 4) is 11.3 Å². The standard InChI is InChI=1S/C24H26ClN3O4S2/c1-15(2)31-24(29)28-12-10-17(11-13-28)22-27-21(16-4-7-19(8-5-16)34(3)30)23(32-22)33-20-9-6-18(25)14-26-20/h4-9,14-15,17H,10-13H2,1-3H3. The molecule has 1 aliphatic heterocycles. The number of piperidine rings is 1. The number of amides is 1. The summed E-state index contributed by atoms with van der Waals surface area (Å²) in [5.41, 5.74) is 1.59. The third kappa shape index (κ3) is 6.07. The Morgan fingerprint density at radius 3 is 2.53 bits per heavy atom. The van der Waals surface area contributed by atoms with Crippen LogP contribution in [0.1, 0.15) is 38.5 Å². The molecule has 7 nitrogen and oxygen atoms in total. The van der Waals surface area contributed by atoms with E-state index in [-0.39, 0.29) is 18.1 Å². The molecule has 1 fully saturated rings. The van der Waals surface area contributed by atoms with Gasteiger partial charge in [0.05, 0.1) is 11.1 Å². The van der Waals surface area contributed by atoms with E-state index in [0.717, 1.165) is 28.3 Å². The van der Waals surface area contributed by atoms with Crippen LogP contribution in [0.4, 0.5) is 4.79 Å². The fourth-order valence-electron chi connectivity index (χ4n) is 3.66. The van der Waals surface area contributed by atoms with Gasteiger partial charge in [-0.2, -0.15) is 0 Å². The van der Waals surface area contributed by atoms with Gasteiger partial charge in [0.15, 0.2) is 15.9 Å². The van der Waals surface area contributed by atoms with Gasteiger partial charge in [0.1, 0.15) is 17.0 Å². The molecule has 1 aliphatic rings. The van der Waals surface area contributed by atoms with E-state index in [2.05, 4.69) is 4.98 Å². The zero-order chi connectivity index (χ0) is 24.2. The monoisotopic (exact) mass is 519 g/mol. The van der Waals surface area contributed by atoms with Crippen molar-refractivity contribution < 1.29 is 18.5 Å². The number of oxazole rings is 1. The summed E-state index contributed by atoms with van der Waals surface area (Å²) in [6, 6.07) is 11.1. The molecular formula is C24H26ClN3O4S2. The average Bonchev–Trinajstić information content (AvgIpc) is 3.24. The molecular weight excluding hydrogens is 494 g/mol. The Kier molecular flexibility index (Phi) is 8.08. The van der Waals surface area contributed by atoms with Crippen LogP contribution in [0.25, 0.3) is 11.3 Å². The molecule has 0 aliphatic carbocycles. The molecule has 1 atom stereocenters. The fourth-order valence-corrected chi connectivity index (χ4v) is 5.11. The lowest BCUT2D eigenvalue weighted by Crippen LogP contribution is -2.39. The number of ether oxygens (including phenoxy) is 1. The Bertz CT molecular complexity index is 1110. The van der Waals surface area contributed by atoms with Crippen LogP contribution in [0.2, 0.25) is 5.02 Å². The fraction of sp³-hybridized carbons (Fsp3) is 0.375. The SMILES string of the molecule is CC(C)OC(=O)N1CCC(c2nc(-c3ccc([S+](C)[O-])cc3)c(Sc3ccc(Cl)cn3)o2)CC1. The number of likely N-dealkylation sites (tertiary alicyclic amines) is 1. The molecule has 0 saturated carbocycles. The number of hydrogen-bond donors (Lipinski definition) is 0. The maximum absolute atomic E-state index is 12.2. The summed E-state index contributed by atoms with van der Waals surface area (Å²) < 4.78 is 23.4. The number of hydrogen-bond acceptors (Lipinski definition) is 7. The van der Waals surface area contributed by atoms with Gasteiger partial charge in [-0.05, 0) is 86.0 Å². The van der Waals surface area contributed by atoms with E-state index in [1.54, 1.807) is 23.4 Å². The first-order valence-corrected chi connectivity index (χ1v) is 13.7. The summed E-state index contributed by atoms with van der Waals surface area (Å²) in [4.78, 5) is 23.9. The number of benzene rings is 1. The third-order valence-electron chi connectivity index (χ3n) is 5.41. The number of pyridine rings is 1. The minimum atomic E-state index is -1.06. The predicted octanol–water partition coefficient (Wildman–Crippen LogP) is 6.00. The number of aromatic nitrogens is 2. The van der Waals surface area contributed by atoms with Crippen LogP contribution in [-0.2, 0) is 15.9 Å². The predicted molar refractivity (Wildman–Crippen MR) is 133 cm³/mol. The highest BCUT2D eigenvalue weighted by Gasteiger charge is 2.29. The Morgan fingerprint density at radius 2 is 1.94 bits per heavy atom. The Balaban J connectivity index is 1.57. The average molecular weight is 520 g/mol. The second-order valence-corrected chi connectivity index (χ2v) is 11.1. The van der Waals surface area contributed by atoms with Crippen LogP contribution < -0.4 is 0 Å². The van der Waals surface area contributed by atoms with E-state index in [4.69, 9.17) is 25.7 Å². The molecule has 0 spiro atoms. The van der Waals surface area contributed by atoms with Gasteiger partial charge in [-0.15, -0.1) is 0 Å². The molecule has 2 aromatic heterocycles. The van der Waals surface area contributed by atoms with Crippen LogP contribution in [0.15, 0.2) is 62.0 Å². The lowest BCUT2D eigenvalue weighted by Gasteiger charge is -2.30. The minimum absolute atomic E-state index is 0.0943. The number of carbonyl (C=O) groups is 1. The van der Waals surface area contributed by atoms with Crippen molar-refractivity contribution in [2.45, 2.75) is 53.7 Å². The summed E-state index contributed by atoms with van der Waals surface area (Å²) in [7, 11) is 0. The molecule has 0 radical (unpaired) electrons. The summed E-state index contributed by atoms with van der Waals surface area (Å²) in [6.07, 6.45) is 4.31. The topological polar surface area (TPSA) is 91.5 Å². The van der Waals surface area contributed by atoms with Gasteiger partial charge in [0.25, 0.3) is 0 Å². The smallest absolute Gasteiger partial charge is 0.410 e. The first kappa shape index (κ1) is 24.9. The van der Waals surface area contributed by atoms with Gasteiger partial charge in [0.2, 0.25) is 0 Å². The number of carbonyl (C=O) groups excluding carboxylic acids is 1. The molecule has 10 heteroatoms. The highest BCUT2D eigenvalue weighted by Crippen LogP contribution is 2.39. The van der Waals surface area contributed by atoms with Gasteiger partial charge in [0, 0.05) is 30.8 Å².